The normalized spacial score (nSPS) is 17.3. The molecule has 1 aliphatic rings. The van der Waals surface area contributed by atoms with E-state index in [9.17, 15) is 4.79 Å². The summed E-state index contributed by atoms with van der Waals surface area (Å²) >= 11 is 0. The summed E-state index contributed by atoms with van der Waals surface area (Å²) in [6, 6.07) is 21.8. The molecule has 1 heterocycles. The minimum absolute atomic E-state index is 0.273. The summed E-state index contributed by atoms with van der Waals surface area (Å²) < 4.78 is 22.8. The Morgan fingerprint density at radius 2 is 1.48 bits per heavy atom. The molecular weight excluding hydrogens is 370 g/mol. The van der Waals surface area contributed by atoms with Crippen LogP contribution in [0, 0.1) is 0 Å². The van der Waals surface area contributed by atoms with Gasteiger partial charge in [0.05, 0.1) is 7.11 Å². The van der Waals surface area contributed by atoms with Crippen LogP contribution in [0.15, 0.2) is 72.8 Å². The smallest absolute Gasteiger partial charge is 0.269 e. The van der Waals surface area contributed by atoms with Crippen LogP contribution in [0.4, 0.5) is 5.69 Å². The molecule has 0 spiro atoms. The van der Waals surface area contributed by atoms with Gasteiger partial charge in [0.1, 0.15) is 11.9 Å². The van der Waals surface area contributed by atoms with Crippen molar-refractivity contribution in [1.29, 1.82) is 0 Å². The van der Waals surface area contributed by atoms with Crippen molar-refractivity contribution in [3.8, 4) is 28.7 Å². The summed E-state index contributed by atoms with van der Waals surface area (Å²) in [4.78, 5) is 12.7. The van der Waals surface area contributed by atoms with Crippen LogP contribution in [0.3, 0.4) is 0 Å². The van der Waals surface area contributed by atoms with E-state index in [1.54, 1.807) is 37.4 Å². The summed E-state index contributed by atoms with van der Waals surface area (Å²) in [6.07, 6.45) is -1.15. The maximum atomic E-state index is 12.7. The number of carbonyl (C=O) groups is 1. The molecule has 4 rings (SSSR count). The number of rotatable bonds is 5. The van der Waals surface area contributed by atoms with Gasteiger partial charge in [0, 0.05) is 5.69 Å². The zero-order chi connectivity index (χ0) is 20.2. The molecule has 2 atom stereocenters. The first-order valence-corrected chi connectivity index (χ1v) is 9.28. The van der Waals surface area contributed by atoms with E-state index in [2.05, 4.69) is 5.32 Å². The second-order valence-electron chi connectivity index (χ2n) is 6.57. The van der Waals surface area contributed by atoms with Gasteiger partial charge in [0.15, 0.2) is 23.0 Å². The number of nitrogens with one attached hydrogen (secondary N) is 1. The number of fused-ring (bicyclic) bond motifs is 1. The Hall–Kier alpha value is -3.67. The van der Waals surface area contributed by atoms with E-state index in [0.29, 0.717) is 34.4 Å². The van der Waals surface area contributed by atoms with E-state index in [4.69, 9.17) is 18.9 Å². The number of benzene rings is 3. The molecule has 0 aliphatic carbocycles. The highest BCUT2D eigenvalue weighted by atomic mass is 16.6. The number of ether oxygens (including phenoxy) is 4. The SMILES string of the molecule is COc1ccccc1Oc1ccc(NC(=O)[C@H]2Oc3ccccc3O[C@@H]2C)cc1. The first kappa shape index (κ1) is 18.7. The van der Waals surface area contributed by atoms with Crippen molar-refractivity contribution in [1.82, 2.24) is 0 Å². The first-order valence-electron chi connectivity index (χ1n) is 9.28. The van der Waals surface area contributed by atoms with Crippen LogP contribution in [-0.2, 0) is 4.79 Å². The molecule has 3 aromatic carbocycles. The van der Waals surface area contributed by atoms with Gasteiger partial charge in [-0.25, -0.2) is 0 Å². The predicted molar refractivity (Wildman–Crippen MR) is 109 cm³/mol. The molecule has 0 saturated heterocycles. The van der Waals surface area contributed by atoms with Crippen LogP contribution in [0.5, 0.6) is 28.7 Å². The average molecular weight is 391 g/mol. The quantitative estimate of drug-likeness (QED) is 0.686. The zero-order valence-corrected chi connectivity index (χ0v) is 16.1. The van der Waals surface area contributed by atoms with Gasteiger partial charge in [0.2, 0.25) is 6.10 Å². The Labute approximate surface area is 169 Å². The van der Waals surface area contributed by atoms with Crippen LogP contribution in [0.1, 0.15) is 6.92 Å². The molecule has 6 nitrogen and oxygen atoms in total. The van der Waals surface area contributed by atoms with Crippen LogP contribution >= 0.6 is 0 Å². The Kier molecular flexibility index (Phi) is 5.24. The molecular formula is C23H21NO5. The summed E-state index contributed by atoms with van der Waals surface area (Å²) in [5.74, 6) is 2.83. The number of carbonyl (C=O) groups excluding carboxylic acids is 1. The van der Waals surface area contributed by atoms with Gasteiger partial charge in [-0.3, -0.25) is 4.79 Å². The Morgan fingerprint density at radius 3 is 2.17 bits per heavy atom. The molecule has 0 radical (unpaired) electrons. The van der Waals surface area contributed by atoms with Crippen LogP contribution in [-0.4, -0.2) is 25.2 Å². The highest BCUT2D eigenvalue weighted by Gasteiger charge is 2.34. The second-order valence-corrected chi connectivity index (χ2v) is 6.57. The average Bonchev–Trinajstić information content (AvgIpc) is 2.75. The van der Waals surface area contributed by atoms with E-state index in [1.807, 2.05) is 49.4 Å². The van der Waals surface area contributed by atoms with Crippen LogP contribution < -0.4 is 24.3 Å². The lowest BCUT2D eigenvalue weighted by atomic mass is 10.1. The van der Waals surface area contributed by atoms with Gasteiger partial charge in [-0.1, -0.05) is 24.3 Å². The molecule has 1 aliphatic heterocycles. The van der Waals surface area contributed by atoms with Crippen LogP contribution in [0.2, 0.25) is 0 Å². The van der Waals surface area contributed by atoms with Crippen molar-refractivity contribution in [3.63, 3.8) is 0 Å². The molecule has 0 bridgehead atoms. The number of hydrogen-bond acceptors (Lipinski definition) is 5. The minimum Gasteiger partial charge on any atom is -0.493 e. The van der Waals surface area contributed by atoms with Crippen molar-refractivity contribution in [2.45, 2.75) is 19.1 Å². The molecule has 1 amide bonds. The number of amides is 1. The van der Waals surface area contributed by atoms with Crippen molar-refractivity contribution in [2.24, 2.45) is 0 Å². The van der Waals surface area contributed by atoms with Gasteiger partial charge in [-0.05, 0) is 55.5 Å². The fraction of sp³-hybridized carbons (Fsp3) is 0.174. The monoisotopic (exact) mass is 391 g/mol. The maximum absolute atomic E-state index is 12.7. The lowest BCUT2D eigenvalue weighted by molar-refractivity contribution is -0.128. The van der Waals surface area contributed by atoms with Crippen LogP contribution in [0.25, 0.3) is 0 Å². The number of para-hydroxylation sites is 4. The van der Waals surface area contributed by atoms with Crippen molar-refractivity contribution < 1.29 is 23.7 Å². The molecule has 0 aromatic heterocycles. The van der Waals surface area contributed by atoms with E-state index in [1.165, 1.54) is 0 Å². The molecule has 29 heavy (non-hydrogen) atoms. The number of anilines is 1. The minimum atomic E-state index is -0.741. The fourth-order valence-corrected chi connectivity index (χ4v) is 3.06. The predicted octanol–water partition coefficient (Wildman–Crippen LogP) is 4.65. The van der Waals surface area contributed by atoms with Gasteiger partial charge in [-0.15, -0.1) is 0 Å². The second kappa shape index (κ2) is 8.14. The first-order chi connectivity index (χ1) is 14.1. The molecule has 148 valence electrons. The lowest BCUT2D eigenvalue weighted by Gasteiger charge is -2.31. The number of hydrogen-bond donors (Lipinski definition) is 1. The summed E-state index contributed by atoms with van der Waals surface area (Å²) in [5, 5.41) is 2.86. The summed E-state index contributed by atoms with van der Waals surface area (Å²) in [7, 11) is 1.59. The van der Waals surface area contributed by atoms with E-state index in [0.717, 1.165) is 0 Å². The molecule has 1 N–H and O–H groups in total. The maximum Gasteiger partial charge on any atom is 0.269 e. The fourth-order valence-electron chi connectivity index (χ4n) is 3.06. The van der Waals surface area contributed by atoms with E-state index < -0.39 is 12.2 Å². The third kappa shape index (κ3) is 4.11. The molecule has 0 saturated carbocycles. The Morgan fingerprint density at radius 1 is 0.862 bits per heavy atom. The third-order valence-electron chi connectivity index (χ3n) is 4.52. The van der Waals surface area contributed by atoms with Crippen molar-refractivity contribution in [3.05, 3.63) is 72.8 Å². The Bertz CT molecular complexity index is 1000. The molecule has 0 unspecified atom stereocenters. The molecule has 6 heteroatoms. The largest absolute Gasteiger partial charge is 0.493 e. The number of methoxy groups -OCH3 is 1. The zero-order valence-electron chi connectivity index (χ0n) is 16.1. The van der Waals surface area contributed by atoms with Gasteiger partial charge < -0.3 is 24.3 Å². The molecule has 3 aromatic rings. The topological polar surface area (TPSA) is 66.0 Å². The van der Waals surface area contributed by atoms with Crippen molar-refractivity contribution >= 4 is 11.6 Å². The third-order valence-corrected chi connectivity index (χ3v) is 4.52. The molecule has 0 fully saturated rings. The Balaban J connectivity index is 1.42. The summed E-state index contributed by atoms with van der Waals surface area (Å²) in [6.45, 7) is 1.81. The van der Waals surface area contributed by atoms with Gasteiger partial charge in [0.25, 0.3) is 5.91 Å². The standard InChI is InChI=1S/C23H21NO5/c1-15-22(29-21-10-6-5-9-20(21)27-15)23(25)24-16-11-13-17(14-12-16)28-19-8-4-3-7-18(19)26-2/h3-15,22H,1-2H3,(H,24,25)/t15-,22+/m1/s1. The lowest BCUT2D eigenvalue weighted by Crippen LogP contribution is -2.46. The highest BCUT2D eigenvalue weighted by Crippen LogP contribution is 2.34. The van der Waals surface area contributed by atoms with Gasteiger partial charge in [-0.2, -0.15) is 0 Å². The van der Waals surface area contributed by atoms with E-state index in [-0.39, 0.29) is 5.91 Å². The van der Waals surface area contributed by atoms with E-state index >= 15 is 0 Å². The van der Waals surface area contributed by atoms with Crippen molar-refractivity contribution in [2.75, 3.05) is 12.4 Å². The summed E-state index contributed by atoms with van der Waals surface area (Å²) in [5.41, 5.74) is 0.636. The highest BCUT2D eigenvalue weighted by molar-refractivity contribution is 5.95. The van der Waals surface area contributed by atoms with Gasteiger partial charge >= 0.3 is 0 Å².